The molecule has 2 heterocycles. The van der Waals surface area contributed by atoms with Gasteiger partial charge in [-0.15, -0.1) is 0 Å². The van der Waals surface area contributed by atoms with Crippen LogP contribution in [-0.2, 0) is 17.6 Å². The minimum atomic E-state index is -0.309. The number of amides is 1. The molecule has 148 valence electrons. The molecule has 1 N–H and O–H groups in total. The van der Waals surface area contributed by atoms with Crippen molar-refractivity contribution in [1.29, 1.82) is 0 Å². The highest BCUT2D eigenvalue weighted by atomic mass is 19.1. The van der Waals surface area contributed by atoms with Crippen LogP contribution in [0, 0.1) is 5.82 Å². The number of hydrogen-bond donors (Lipinski definition) is 1. The Kier molecular flexibility index (Phi) is 5.42. The van der Waals surface area contributed by atoms with Gasteiger partial charge in [0.1, 0.15) is 23.4 Å². The molecule has 0 aliphatic carbocycles. The van der Waals surface area contributed by atoms with Gasteiger partial charge in [0.25, 0.3) is 0 Å². The summed E-state index contributed by atoms with van der Waals surface area (Å²) < 4.78 is 25.5. The first-order valence-corrected chi connectivity index (χ1v) is 9.42. The Bertz CT molecular complexity index is 1020. The lowest BCUT2D eigenvalue weighted by molar-refractivity contribution is -0.120. The van der Waals surface area contributed by atoms with Crippen molar-refractivity contribution in [2.45, 2.75) is 18.9 Å². The molecule has 1 aliphatic heterocycles. The van der Waals surface area contributed by atoms with Gasteiger partial charge in [-0.2, -0.15) is 0 Å². The van der Waals surface area contributed by atoms with Gasteiger partial charge in [0.2, 0.25) is 5.91 Å². The van der Waals surface area contributed by atoms with Crippen LogP contribution in [0.25, 0.3) is 11.1 Å². The highest BCUT2D eigenvalue weighted by molar-refractivity contribution is 5.78. The smallest absolute Gasteiger partial charge is 0.224 e. The number of hydrogen-bond acceptors (Lipinski definition) is 4. The van der Waals surface area contributed by atoms with E-state index in [4.69, 9.17) is 9.47 Å². The summed E-state index contributed by atoms with van der Waals surface area (Å²) in [6.07, 6.45) is 3.73. The van der Waals surface area contributed by atoms with Crippen molar-refractivity contribution in [3.63, 3.8) is 0 Å². The third-order valence-electron chi connectivity index (χ3n) is 4.94. The van der Waals surface area contributed by atoms with Gasteiger partial charge < -0.3 is 14.8 Å². The summed E-state index contributed by atoms with van der Waals surface area (Å²) in [6, 6.07) is 14.3. The molecule has 2 aromatic carbocycles. The Hall–Kier alpha value is -3.41. The number of fused-ring (bicyclic) bond motifs is 1. The second kappa shape index (κ2) is 8.31. The van der Waals surface area contributed by atoms with Gasteiger partial charge in [-0.3, -0.25) is 9.78 Å². The lowest BCUT2D eigenvalue weighted by atomic mass is 10.0. The summed E-state index contributed by atoms with van der Waals surface area (Å²) >= 11 is 0. The SMILES string of the molecule is COc1cccc(CC(=O)NC[C@H]2Cc3c(F)ccc(-c4ccncc4)c3O2)c1. The number of carbonyl (C=O) groups is 1. The summed E-state index contributed by atoms with van der Waals surface area (Å²) in [5, 5.41) is 2.89. The standard InChI is InChI=1S/C23H21FN2O3/c1-28-17-4-2-3-15(11-17)12-22(27)26-14-18-13-20-21(24)6-5-19(23(20)29-18)16-7-9-25-10-8-16/h2-11,18H,12-14H2,1H3,(H,26,27)/t18-/m1/s1. The largest absolute Gasteiger partial charge is 0.497 e. The molecule has 4 rings (SSSR count). The Balaban J connectivity index is 1.41. The number of carbonyl (C=O) groups excluding carboxylic acids is 1. The molecule has 0 saturated heterocycles. The molecular weight excluding hydrogens is 371 g/mol. The van der Waals surface area contributed by atoms with E-state index < -0.39 is 0 Å². The number of benzene rings is 2. The van der Waals surface area contributed by atoms with Crippen molar-refractivity contribution >= 4 is 5.91 Å². The predicted octanol–water partition coefficient (Wildman–Crippen LogP) is 3.56. The molecule has 6 heteroatoms. The number of pyridine rings is 1. The molecule has 1 atom stereocenters. The second-order valence-electron chi connectivity index (χ2n) is 6.91. The van der Waals surface area contributed by atoms with Gasteiger partial charge in [0.15, 0.2) is 0 Å². The van der Waals surface area contributed by atoms with Gasteiger partial charge >= 0.3 is 0 Å². The van der Waals surface area contributed by atoms with E-state index in [1.54, 1.807) is 25.6 Å². The second-order valence-corrected chi connectivity index (χ2v) is 6.91. The summed E-state index contributed by atoms with van der Waals surface area (Å²) in [5.41, 5.74) is 3.16. The van der Waals surface area contributed by atoms with Crippen LogP contribution in [-0.4, -0.2) is 30.6 Å². The Morgan fingerprint density at radius 2 is 2.07 bits per heavy atom. The molecule has 1 amide bonds. The van der Waals surface area contributed by atoms with Gasteiger partial charge in [0.05, 0.1) is 20.1 Å². The van der Waals surface area contributed by atoms with Crippen LogP contribution in [0.2, 0.25) is 0 Å². The number of halogens is 1. The van der Waals surface area contributed by atoms with Crippen LogP contribution >= 0.6 is 0 Å². The van der Waals surface area contributed by atoms with E-state index in [1.165, 1.54) is 6.07 Å². The van der Waals surface area contributed by atoms with Crippen molar-refractivity contribution in [3.8, 4) is 22.6 Å². The van der Waals surface area contributed by atoms with Crippen LogP contribution < -0.4 is 14.8 Å². The number of ether oxygens (including phenoxy) is 2. The van der Waals surface area contributed by atoms with Crippen LogP contribution in [0.3, 0.4) is 0 Å². The topological polar surface area (TPSA) is 60.5 Å². The summed E-state index contributed by atoms with van der Waals surface area (Å²) in [5.74, 6) is 0.850. The molecule has 0 radical (unpaired) electrons. The van der Waals surface area contributed by atoms with Crippen molar-refractivity contribution in [2.24, 2.45) is 0 Å². The van der Waals surface area contributed by atoms with Crippen molar-refractivity contribution < 1.29 is 18.7 Å². The Morgan fingerprint density at radius 1 is 1.24 bits per heavy atom. The summed E-state index contributed by atoms with van der Waals surface area (Å²) in [7, 11) is 1.59. The molecule has 29 heavy (non-hydrogen) atoms. The van der Waals surface area contributed by atoms with E-state index in [0.29, 0.717) is 30.0 Å². The minimum Gasteiger partial charge on any atom is -0.497 e. The van der Waals surface area contributed by atoms with Crippen LogP contribution in [0.5, 0.6) is 11.5 Å². The van der Waals surface area contributed by atoms with E-state index in [9.17, 15) is 9.18 Å². The normalized spacial score (nSPS) is 14.8. The first-order chi connectivity index (χ1) is 14.1. The predicted molar refractivity (Wildman–Crippen MR) is 107 cm³/mol. The summed E-state index contributed by atoms with van der Waals surface area (Å²) in [6.45, 7) is 0.312. The zero-order valence-electron chi connectivity index (χ0n) is 16.0. The van der Waals surface area contributed by atoms with Crippen LogP contribution in [0.15, 0.2) is 60.9 Å². The molecule has 3 aromatic rings. The van der Waals surface area contributed by atoms with E-state index in [0.717, 1.165) is 16.7 Å². The average Bonchev–Trinajstić information content (AvgIpc) is 3.18. The van der Waals surface area contributed by atoms with Crippen molar-refractivity contribution in [3.05, 3.63) is 77.9 Å². The van der Waals surface area contributed by atoms with Crippen molar-refractivity contribution in [2.75, 3.05) is 13.7 Å². The maximum atomic E-state index is 14.3. The zero-order valence-corrected chi connectivity index (χ0v) is 16.0. The number of methoxy groups -OCH3 is 1. The van der Waals surface area contributed by atoms with Gasteiger partial charge in [0, 0.05) is 29.9 Å². The molecule has 0 saturated carbocycles. The maximum absolute atomic E-state index is 14.3. The first-order valence-electron chi connectivity index (χ1n) is 9.42. The lowest BCUT2D eigenvalue weighted by Crippen LogP contribution is -2.35. The van der Waals surface area contributed by atoms with Crippen LogP contribution in [0.1, 0.15) is 11.1 Å². The monoisotopic (exact) mass is 392 g/mol. The molecule has 0 spiro atoms. The third kappa shape index (κ3) is 4.21. The third-order valence-corrected chi connectivity index (χ3v) is 4.94. The number of rotatable bonds is 6. The van der Waals surface area contributed by atoms with E-state index >= 15 is 0 Å². The Labute approximate surface area is 168 Å². The zero-order chi connectivity index (χ0) is 20.2. The fraction of sp³-hybridized carbons (Fsp3) is 0.217. The Morgan fingerprint density at radius 3 is 2.86 bits per heavy atom. The minimum absolute atomic E-state index is 0.118. The molecule has 0 unspecified atom stereocenters. The number of nitrogens with one attached hydrogen (secondary N) is 1. The quantitative estimate of drug-likeness (QED) is 0.697. The van der Waals surface area contributed by atoms with Crippen molar-refractivity contribution in [1.82, 2.24) is 10.3 Å². The number of nitrogens with zero attached hydrogens (tertiary/aromatic N) is 1. The van der Waals surface area contributed by atoms with Crippen LogP contribution in [0.4, 0.5) is 4.39 Å². The molecule has 1 aliphatic rings. The van der Waals surface area contributed by atoms with E-state index in [1.807, 2.05) is 36.4 Å². The van der Waals surface area contributed by atoms with E-state index in [2.05, 4.69) is 10.3 Å². The molecule has 0 fully saturated rings. The lowest BCUT2D eigenvalue weighted by Gasteiger charge is -2.14. The molecular formula is C23H21FN2O3. The number of aromatic nitrogens is 1. The highest BCUT2D eigenvalue weighted by Crippen LogP contribution is 2.40. The van der Waals surface area contributed by atoms with E-state index in [-0.39, 0.29) is 24.2 Å². The fourth-order valence-corrected chi connectivity index (χ4v) is 3.50. The summed E-state index contributed by atoms with van der Waals surface area (Å²) in [4.78, 5) is 16.3. The maximum Gasteiger partial charge on any atom is 0.224 e. The average molecular weight is 392 g/mol. The van der Waals surface area contributed by atoms with Gasteiger partial charge in [-0.05, 0) is 47.5 Å². The first kappa shape index (κ1) is 18.9. The van der Waals surface area contributed by atoms with Gasteiger partial charge in [-0.25, -0.2) is 4.39 Å². The fourth-order valence-electron chi connectivity index (χ4n) is 3.50. The highest BCUT2D eigenvalue weighted by Gasteiger charge is 2.29. The van der Waals surface area contributed by atoms with Gasteiger partial charge in [-0.1, -0.05) is 12.1 Å². The molecule has 5 nitrogen and oxygen atoms in total. The molecule has 0 bridgehead atoms. The molecule has 1 aromatic heterocycles.